The number of nitrogens with one attached hydrogen (secondary N) is 1. The van der Waals surface area contributed by atoms with Crippen molar-refractivity contribution in [2.24, 2.45) is 0 Å². The van der Waals surface area contributed by atoms with E-state index in [4.69, 9.17) is 0 Å². The number of aromatic amines is 1. The summed E-state index contributed by atoms with van der Waals surface area (Å²) in [5, 5.41) is 11.7. The molecule has 1 fully saturated rings. The van der Waals surface area contributed by atoms with Crippen LogP contribution in [0.4, 0.5) is 11.5 Å². The van der Waals surface area contributed by atoms with E-state index in [1.807, 2.05) is 11.0 Å². The van der Waals surface area contributed by atoms with Gasteiger partial charge in [0.2, 0.25) is 10.0 Å². The minimum atomic E-state index is -3.76. The highest BCUT2D eigenvalue weighted by Crippen LogP contribution is 2.29. The van der Waals surface area contributed by atoms with E-state index in [1.54, 1.807) is 6.20 Å². The number of nitrogens with zero attached hydrogens (tertiary/aromatic N) is 5. The van der Waals surface area contributed by atoms with Gasteiger partial charge in [-0.3, -0.25) is 10.1 Å². The van der Waals surface area contributed by atoms with Crippen molar-refractivity contribution in [2.75, 3.05) is 25.0 Å². The van der Waals surface area contributed by atoms with Crippen LogP contribution in [-0.2, 0) is 10.0 Å². The van der Waals surface area contributed by atoms with Gasteiger partial charge in [0.15, 0.2) is 0 Å². The van der Waals surface area contributed by atoms with Crippen LogP contribution in [0.1, 0.15) is 6.42 Å². The Morgan fingerprint density at radius 1 is 1.25 bits per heavy atom. The van der Waals surface area contributed by atoms with Gasteiger partial charge in [0.25, 0.3) is 5.69 Å². The van der Waals surface area contributed by atoms with E-state index in [1.165, 1.54) is 41.9 Å². The van der Waals surface area contributed by atoms with Crippen molar-refractivity contribution in [1.29, 1.82) is 0 Å². The maximum Gasteiger partial charge on any atom is 0.269 e. The van der Waals surface area contributed by atoms with Crippen molar-refractivity contribution < 1.29 is 13.3 Å². The van der Waals surface area contributed by atoms with E-state index in [-0.39, 0.29) is 16.6 Å². The lowest BCUT2D eigenvalue weighted by molar-refractivity contribution is -0.384. The number of nitro benzene ring substituents is 1. The zero-order valence-electron chi connectivity index (χ0n) is 15.0. The molecule has 0 spiro atoms. The molecule has 3 heterocycles. The minimum Gasteiger partial charge on any atom is -0.354 e. The molecule has 0 aliphatic carbocycles. The van der Waals surface area contributed by atoms with Crippen LogP contribution < -0.4 is 4.90 Å². The van der Waals surface area contributed by atoms with Crippen molar-refractivity contribution in [3.05, 3.63) is 53.0 Å². The average Bonchev–Trinajstić information content (AvgIpc) is 3.36. The second-order valence-corrected chi connectivity index (χ2v) is 8.60. The van der Waals surface area contributed by atoms with E-state index < -0.39 is 14.9 Å². The predicted octanol–water partition coefficient (Wildman–Crippen LogP) is 1.77. The van der Waals surface area contributed by atoms with Crippen LogP contribution in [0, 0.1) is 10.1 Å². The molecule has 0 saturated carbocycles. The van der Waals surface area contributed by atoms with Gasteiger partial charge < -0.3 is 9.88 Å². The smallest absolute Gasteiger partial charge is 0.269 e. The summed E-state index contributed by atoms with van der Waals surface area (Å²) < 4.78 is 27.2. The number of nitro groups is 1. The lowest BCUT2D eigenvalue weighted by atomic mass is 10.3. The second kappa shape index (κ2) is 6.84. The molecule has 1 aliphatic heterocycles. The topological polar surface area (TPSA) is 125 Å². The molecular formula is C17H18N6O4S. The van der Waals surface area contributed by atoms with Crippen LogP contribution in [0.3, 0.4) is 0 Å². The highest BCUT2D eigenvalue weighted by molar-refractivity contribution is 7.89. The van der Waals surface area contributed by atoms with Crippen molar-refractivity contribution in [3.8, 4) is 0 Å². The molecule has 11 heteroatoms. The molecule has 28 heavy (non-hydrogen) atoms. The van der Waals surface area contributed by atoms with Gasteiger partial charge in [-0.05, 0) is 24.6 Å². The number of likely N-dealkylation sites (N-methyl/N-ethyl adjacent to an activating group) is 1. The Hall–Kier alpha value is -3.05. The number of H-pyrrole nitrogens is 1. The quantitative estimate of drug-likeness (QED) is 0.509. The number of hydrogen-bond donors (Lipinski definition) is 1. The molecule has 1 atom stereocenters. The monoisotopic (exact) mass is 402 g/mol. The third kappa shape index (κ3) is 3.08. The highest BCUT2D eigenvalue weighted by atomic mass is 32.2. The van der Waals surface area contributed by atoms with Gasteiger partial charge in [0, 0.05) is 44.5 Å². The summed E-state index contributed by atoms with van der Waals surface area (Å²) in [6.07, 6.45) is 3.93. The Balaban J connectivity index is 1.54. The normalized spacial score (nSPS) is 17.5. The van der Waals surface area contributed by atoms with Crippen molar-refractivity contribution >= 4 is 32.6 Å². The summed E-state index contributed by atoms with van der Waals surface area (Å²) in [5.74, 6) is 0.773. The second-order valence-electron chi connectivity index (χ2n) is 6.60. The predicted molar refractivity (Wildman–Crippen MR) is 103 cm³/mol. The SMILES string of the molecule is CN(C1CCN(c2ncnc3[nH]ccc23)C1)S(=O)(=O)c1ccc([N+](=O)[O-])cc1. The van der Waals surface area contributed by atoms with Crippen LogP contribution in [0.2, 0.25) is 0 Å². The first-order chi connectivity index (χ1) is 13.4. The first-order valence-electron chi connectivity index (χ1n) is 8.63. The number of benzene rings is 1. The fraction of sp³-hybridized carbons (Fsp3) is 0.294. The number of fused-ring (bicyclic) bond motifs is 1. The van der Waals surface area contributed by atoms with Gasteiger partial charge in [-0.15, -0.1) is 0 Å². The van der Waals surface area contributed by atoms with Gasteiger partial charge >= 0.3 is 0 Å². The van der Waals surface area contributed by atoms with Gasteiger partial charge in [-0.25, -0.2) is 18.4 Å². The molecule has 1 unspecified atom stereocenters. The minimum absolute atomic E-state index is 0.0362. The first kappa shape index (κ1) is 18.3. The number of aromatic nitrogens is 3. The number of rotatable bonds is 5. The third-order valence-electron chi connectivity index (χ3n) is 5.03. The fourth-order valence-electron chi connectivity index (χ4n) is 3.44. The number of anilines is 1. The Morgan fingerprint density at radius 2 is 2.00 bits per heavy atom. The lowest BCUT2D eigenvalue weighted by Gasteiger charge is -2.24. The Morgan fingerprint density at radius 3 is 2.71 bits per heavy atom. The van der Waals surface area contributed by atoms with Crippen LogP contribution in [0.15, 0.2) is 47.8 Å². The van der Waals surface area contributed by atoms with Gasteiger partial charge in [-0.1, -0.05) is 0 Å². The van der Waals surface area contributed by atoms with E-state index in [9.17, 15) is 18.5 Å². The zero-order valence-corrected chi connectivity index (χ0v) is 15.8. The summed E-state index contributed by atoms with van der Waals surface area (Å²) in [5.41, 5.74) is 0.591. The lowest BCUT2D eigenvalue weighted by Crippen LogP contribution is -2.39. The molecule has 1 N–H and O–H groups in total. The highest BCUT2D eigenvalue weighted by Gasteiger charge is 2.34. The number of hydrogen-bond acceptors (Lipinski definition) is 7. The third-order valence-corrected chi connectivity index (χ3v) is 6.96. The van der Waals surface area contributed by atoms with E-state index in [2.05, 4.69) is 15.0 Å². The van der Waals surface area contributed by atoms with E-state index in [0.717, 1.165) is 16.9 Å². The van der Waals surface area contributed by atoms with Gasteiger partial charge in [0.1, 0.15) is 17.8 Å². The van der Waals surface area contributed by atoms with E-state index >= 15 is 0 Å². The standard InChI is InChI=1S/C17H18N6O4S/c1-21(28(26,27)14-4-2-12(3-5-14)23(24)25)13-7-9-22(10-13)17-15-6-8-18-16(15)19-11-20-17/h2-6,8,11,13H,7,9-10H2,1H3,(H,18,19,20). The molecule has 2 aromatic heterocycles. The first-order valence-corrected chi connectivity index (χ1v) is 10.1. The maximum atomic E-state index is 12.9. The molecule has 0 bridgehead atoms. The summed E-state index contributed by atoms with van der Waals surface area (Å²) in [4.78, 5) is 23.9. The van der Waals surface area contributed by atoms with Crippen LogP contribution >= 0.6 is 0 Å². The largest absolute Gasteiger partial charge is 0.354 e. The Bertz CT molecular complexity index is 1130. The van der Waals surface area contributed by atoms with Gasteiger partial charge in [-0.2, -0.15) is 4.31 Å². The summed E-state index contributed by atoms with van der Waals surface area (Å²) in [6.45, 7) is 1.17. The summed E-state index contributed by atoms with van der Waals surface area (Å²) in [6, 6.07) is 6.60. The molecule has 10 nitrogen and oxygen atoms in total. The number of sulfonamides is 1. The molecule has 146 valence electrons. The fourth-order valence-corrected chi connectivity index (χ4v) is 4.82. The summed E-state index contributed by atoms with van der Waals surface area (Å²) >= 11 is 0. The zero-order chi connectivity index (χ0) is 19.9. The average molecular weight is 402 g/mol. The van der Waals surface area contributed by atoms with Crippen LogP contribution in [0.25, 0.3) is 11.0 Å². The molecule has 1 aromatic carbocycles. The van der Waals surface area contributed by atoms with Crippen molar-refractivity contribution in [3.63, 3.8) is 0 Å². The molecule has 0 radical (unpaired) electrons. The molecule has 4 rings (SSSR count). The molecule has 1 saturated heterocycles. The Kier molecular flexibility index (Phi) is 4.47. The molecule has 1 aliphatic rings. The van der Waals surface area contributed by atoms with E-state index in [0.29, 0.717) is 19.5 Å². The van der Waals surface area contributed by atoms with Crippen LogP contribution in [-0.4, -0.2) is 58.8 Å². The van der Waals surface area contributed by atoms with Crippen molar-refractivity contribution in [2.45, 2.75) is 17.4 Å². The molecule has 3 aromatic rings. The maximum absolute atomic E-state index is 12.9. The molecular weight excluding hydrogens is 384 g/mol. The van der Waals surface area contributed by atoms with Gasteiger partial charge in [0.05, 0.1) is 15.2 Å². The number of non-ortho nitro benzene ring substituents is 1. The van der Waals surface area contributed by atoms with Crippen molar-refractivity contribution in [1.82, 2.24) is 19.3 Å². The Labute approximate surface area is 161 Å². The summed E-state index contributed by atoms with van der Waals surface area (Å²) in [7, 11) is -2.22. The van der Waals surface area contributed by atoms with Crippen LogP contribution in [0.5, 0.6) is 0 Å². The molecule has 0 amide bonds.